The van der Waals surface area contributed by atoms with Crippen LogP contribution in [-0.2, 0) is 0 Å². The summed E-state index contributed by atoms with van der Waals surface area (Å²) >= 11 is 0. The first-order valence-corrected chi connectivity index (χ1v) is 9.24. The largest absolute Gasteiger partial charge is 0.254 e. The SMILES string of the molecule is CC(C)[C@]12C[C@H](c3ccc4ccc5cccnc5c4n3)[C@@H](C)[C@H]1C2. The molecule has 0 bridgehead atoms. The number of hydrogen-bond donors (Lipinski definition) is 0. The van der Waals surface area contributed by atoms with Crippen LogP contribution in [0.25, 0.3) is 21.8 Å². The predicted octanol–water partition coefficient (Wildman–Crippen LogP) is 5.57. The van der Waals surface area contributed by atoms with Crippen molar-refractivity contribution in [2.75, 3.05) is 0 Å². The van der Waals surface area contributed by atoms with E-state index in [-0.39, 0.29) is 0 Å². The Morgan fingerprint density at radius 2 is 1.75 bits per heavy atom. The Morgan fingerprint density at radius 3 is 2.50 bits per heavy atom. The summed E-state index contributed by atoms with van der Waals surface area (Å²) in [5.41, 5.74) is 3.97. The van der Waals surface area contributed by atoms with Gasteiger partial charge in [0.2, 0.25) is 0 Å². The predicted molar refractivity (Wildman–Crippen MR) is 98.9 cm³/mol. The molecular weight excluding hydrogens is 292 g/mol. The molecular formula is C22H24N2. The van der Waals surface area contributed by atoms with Gasteiger partial charge in [0.05, 0.1) is 11.0 Å². The molecule has 0 spiro atoms. The molecule has 3 aromatic rings. The van der Waals surface area contributed by atoms with Crippen LogP contribution in [0.4, 0.5) is 0 Å². The van der Waals surface area contributed by atoms with E-state index in [1.165, 1.54) is 29.3 Å². The van der Waals surface area contributed by atoms with E-state index in [1.807, 2.05) is 12.3 Å². The molecule has 122 valence electrons. The van der Waals surface area contributed by atoms with Crippen molar-refractivity contribution in [2.24, 2.45) is 23.2 Å². The standard InChI is InChI=1S/C22H24N2/c1-13(2)22-11-17(14(3)18(22)12-22)19-9-8-16-7-6-15-5-4-10-23-20(15)21(16)24-19/h4-10,13-14,17-18H,11-12H2,1-3H3/t14-,17+,18-,22-/m1/s1. The van der Waals surface area contributed by atoms with Crippen LogP contribution < -0.4 is 0 Å². The number of aromatic nitrogens is 2. The van der Waals surface area contributed by atoms with Crippen LogP contribution in [0.5, 0.6) is 0 Å². The maximum absolute atomic E-state index is 5.12. The van der Waals surface area contributed by atoms with Crippen LogP contribution in [0.3, 0.4) is 0 Å². The second-order valence-corrected chi connectivity index (χ2v) is 8.32. The third-order valence-corrected chi connectivity index (χ3v) is 7.03. The van der Waals surface area contributed by atoms with Gasteiger partial charge in [-0.05, 0) is 48.1 Å². The molecule has 2 saturated carbocycles. The van der Waals surface area contributed by atoms with Crippen molar-refractivity contribution in [3.63, 3.8) is 0 Å². The highest BCUT2D eigenvalue weighted by Gasteiger charge is 2.65. The third-order valence-electron chi connectivity index (χ3n) is 7.03. The fraction of sp³-hybridized carbons (Fsp3) is 0.455. The molecule has 0 aliphatic heterocycles. The lowest BCUT2D eigenvalue weighted by molar-refractivity contribution is 0.334. The van der Waals surface area contributed by atoms with E-state index < -0.39 is 0 Å². The van der Waals surface area contributed by atoms with Gasteiger partial charge >= 0.3 is 0 Å². The van der Waals surface area contributed by atoms with E-state index >= 15 is 0 Å². The van der Waals surface area contributed by atoms with Gasteiger partial charge < -0.3 is 0 Å². The zero-order valence-electron chi connectivity index (χ0n) is 14.7. The van der Waals surface area contributed by atoms with Crippen molar-refractivity contribution >= 4 is 21.8 Å². The molecule has 0 N–H and O–H groups in total. The van der Waals surface area contributed by atoms with Crippen molar-refractivity contribution < 1.29 is 0 Å². The van der Waals surface area contributed by atoms with Crippen LogP contribution in [0.15, 0.2) is 42.6 Å². The van der Waals surface area contributed by atoms with E-state index in [2.05, 4.69) is 56.1 Å². The van der Waals surface area contributed by atoms with Crippen molar-refractivity contribution in [3.05, 3.63) is 48.3 Å². The normalized spacial score (nSPS) is 31.8. The minimum absolute atomic E-state index is 0.595. The summed E-state index contributed by atoms with van der Waals surface area (Å²) in [7, 11) is 0. The van der Waals surface area contributed by atoms with Gasteiger partial charge in [0.25, 0.3) is 0 Å². The molecule has 24 heavy (non-hydrogen) atoms. The molecule has 2 heteroatoms. The molecule has 2 fully saturated rings. The third kappa shape index (κ3) is 1.83. The first kappa shape index (κ1) is 14.4. The van der Waals surface area contributed by atoms with Crippen LogP contribution in [0.1, 0.15) is 45.2 Å². The molecule has 0 unspecified atom stereocenters. The number of benzene rings is 1. The summed E-state index contributed by atoms with van der Waals surface area (Å²) in [6, 6.07) is 12.9. The summed E-state index contributed by atoms with van der Waals surface area (Å²) in [4.78, 5) is 9.72. The second-order valence-electron chi connectivity index (χ2n) is 8.32. The van der Waals surface area contributed by atoms with E-state index in [0.29, 0.717) is 11.3 Å². The van der Waals surface area contributed by atoms with Gasteiger partial charge in [-0.15, -0.1) is 0 Å². The lowest BCUT2D eigenvalue weighted by Crippen LogP contribution is -2.11. The molecule has 0 amide bonds. The summed E-state index contributed by atoms with van der Waals surface area (Å²) in [5, 5.41) is 2.37. The Bertz CT molecular complexity index is 945. The molecule has 2 heterocycles. The number of pyridine rings is 2. The molecule has 0 radical (unpaired) electrons. The monoisotopic (exact) mass is 316 g/mol. The molecule has 1 aromatic carbocycles. The Labute approximate surface area is 143 Å². The van der Waals surface area contributed by atoms with Crippen LogP contribution >= 0.6 is 0 Å². The highest BCUT2D eigenvalue weighted by molar-refractivity contribution is 6.02. The Morgan fingerprint density at radius 1 is 1.00 bits per heavy atom. The van der Waals surface area contributed by atoms with Crippen molar-refractivity contribution in [3.8, 4) is 0 Å². The Hall–Kier alpha value is -1.96. The smallest absolute Gasteiger partial charge is 0.0967 e. The van der Waals surface area contributed by atoms with Crippen LogP contribution in [0, 0.1) is 23.2 Å². The molecule has 2 aliphatic rings. The fourth-order valence-corrected chi connectivity index (χ4v) is 5.39. The van der Waals surface area contributed by atoms with Crippen LogP contribution in [0.2, 0.25) is 0 Å². The van der Waals surface area contributed by atoms with E-state index in [0.717, 1.165) is 28.8 Å². The van der Waals surface area contributed by atoms with Gasteiger partial charge in [-0.3, -0.25) is 9.97 Å². The highest BCUT2D eigenvalue weighted by atomic mass is 14.8. The van der Waals surface area contributed by atoms with Crippen LogP contribution in [-0.4, -0.2) is 9.97 Å². The van der Waals surface area contributed by atoms with Gasteiger partial charge in [-0.25, -0.2) is 0 Å². The van der Waals surface area contributed by atoms with Crippen molar-refractivity contribution in [1.29, 1.82) is 0 Å². The first-order valence-electron chi connectivity index (χ1n) is 9.24. The molecule has 2 aromatic heterocycles. The molecule has 4 atom stereocenters. The average Bonchev–Trinajstić information content (AvgIpc) is 3.28. The molecule has 2 nitrogen and oxygen atoms in total. The fourth-order valence-electron chi connectivity index (χ4n) is 5.39. The highest BCUT2D eigenvalue weighted by Crippen LogP contribution is 2.73. The van der Waals surface area contributed by atoms with Crippen molar-refractivity contribution in [2.45, 2.75) is 39.5 Å². The molecule has 2 aliphatic carbocycles. The van der Waals surface area contributed by atoms with Gasteiger partial charge in [0.15, 0.2) is 0 Å². The summed E-state index contributed by atoms with van der Waals surface area (Å²) in [6.07, 6.45) is 4.62. The zero-order chi connectivity index (χ0) is 16.5. The molecule has 0 saturated heterocycles. The average molecular weight is 316 g/mol. The van der Waals surface area contributed by atoms with Gasteiger partial charge in [-0.1, -0.05) is 45.0 Å². The number of nitrogens with zero attached hydrogens (tertiary/aromatic N) is 2. The first-order chi connectivity index (χ1) is 11.6. The lowest BCUT2D eigenvalue weighted by atomic mass is 9.85. The van der Waals surface area contributed by atoms with E-state index in [9.17, 15) is 0 Å². The van der Waals surface area contributed by atoms with E-state index in [4.69, 9.17) is 4.98 Å². The second kappa shape index (κ2) is 4.78. The Kier molecular flexibility index (Phi) is 2.87. The number of hydrogen-bond acceptors (Lipinski definition) is 2. The zero-order valence-corrected chi connectivity index (χ0v) is 14.7. The minimum Gasteiger partial charge on any atom is -0.254 e. The minimum atomic E-state index is 0.595. The lowest BCUT2D eigenvalue weighted by Gasteiger charge is -2.21. The summed E-state index contributed by atoms with van der Waals surface area (Å²) < 4.78 is 0. The number of rotatable bonds is 2. The van der Waals surface area contributed by atoms with Gasteiger partial charge in [0, 0.05) is 28.6 Å². The Balaban J connectivity index is 1.62. The molecule has 5 rings (SSSR count). The maximum Gasteiger partial charge on any atom is 0.0967 e. The summed E-state index contributed by atoms with van der Waals surface area (Å²) in [5.74, 6) is 3.05. The number of fused-ring (bicyclic) bond motifs is 4. The van der Waals surface area contributed by atoms with Crippen molar-refractivity contribution in [1.82, 2.24) is 9.97 Å². The van der Waals surface area contributed by atoms with E-state index in [1.54, 1.807) is 0 Å². The van der Waals surface area contributed by atoms with Gasteiger partial charge in [0.1, 0.15) is 0 Å². The quantitative estimate of drug-likeness (QED) is 0.578. The topological polar surface area (TPSA) is 25.8 Å². The van der Waals surface area contributed by atoms with Gasteiger partial charge in [-0.2, -0.15) is 0 Å². The maximum atomic E-state index is 5.12. The summed E-state index contributed by atoms with van der Waals surface area (Å²) in [6.45, 7) is 7.25.